The number of sulfonamides is 1. The van der Waals surface area contributed by atoms with Gasteiger partial charge in [-0.2, -0.15) is 0 Å². The lowest BCUT2D eigenvalue weighted by molar-refractivity contribution is 0.279. The van der Waals surface area contributed by atoms with Crippen molar-refractivity contribution >= 4 is 16.0 Å². The molecule has 23 heavy (non-hydrogen) atoms. The fourth-order valence-corrected chi connectivity index (χ4v) is 3.56. The van der Waals surface area contributed by atoms with E-state index >= 15 is 0 Å². The van der Waals surface area contributed by atoms with Crippen LogP contribution in [-0.2, 0) is 10.0 Å². The molecule has 7 heteroatoms. The molecule has 1 rings (SSSR count). The zero-order valence-electron chi connectivity index (χ0n) is 14.8. The zero-order chi connectivity index (χ0) is 17.3. The average molecular weight is 345 g/mol. The lowest BCUT2D eigenvalue weighted by Gasteiger charge is -2.30. The second kappa shape index (κ2) is 9.93. The highest BCUT2D eigenvalue weighted by Crippen LogP contribution is 2.19. The van der Waals surface area contributed by atoms with Gasteiger partial charge in [0, 0.05) is 39.8 Å². The molecule has 1 saturated heterocycles. The SMILES string of the molecule is C=CCCCN(C)C(=NCC1CCN(S(C)(=O)=O)CC1)NCC. The molecule has 0 spiro atoms. The number of aliphatic imine (C=N–C) groups is 1. The van der Waals surface area contributed by atoms with Gasteiger partial charge in [-0.05, 0) is 38.5 Å². The molecule has 6 nitrogen and oxygen atoms in total. The quantitative estimate of drug-likeness (QED) is 0.314. The van der Waals surface area contributed by atoms with E-state index in [2.05, 4.69) is 30.8 Å². The van der Waals surface area contributed by atoms with E-state index in [1.54, 1.807) is 4.31 Å². The van der Waals surface area contributed by atoms with Gasteiger partial charge >= 0.3 is 0 Å². The first kappa shape index (κ1) is 20.0. The van der Waals surface area contributed by atoms with Gasteiger partial charge in [0.15, 0.2) is 5.96 Å². The summed E-state index contributed by atoms with van der Waals surface area (Å²) in [6.07, 6.45) is 7.07. The first-order chi connectivity index (χ1) is 10.9. The highest BCUT2D eigenvalue weighted by atomic mass is 32.2. The Balaban J connectivity index is 2.49. The number of guanidine groups is 1. The molecule has 0 atom stereocenters. The number of hydrogen-bond acceptors (Lipinski definition) is 3. The minimum absolute atomic E-state index is 0.461. The van der Waals surface area contributed by atoms with Gasteiger partial charge in [0.05, 0.1) is 6.26 Å². The Morgan fingerprint density at radius 3 is 2.61 bits per heavy atom. The van der Waals surface area contributed by atoms with E-state index in [0.717, 1.165) is 51.3 Å². The standard InChI is InChI=1S/C16H32N4O2S/c1-5-7-8-11-19(3)16(17-6-2)18-14-15-9-12-20(13-10-15)23(4,21)22/h5,15H,1,6-14H2,2-4H3,(H,17,18). The molecule has 0 unspecified atom stereocenters. The van der Waals surface area contributed by atoms with Crippen LogP contribution < -0.4 is 5.32 Å². The lowest BCUT2D eigenvalue weighted by atomic mass is 9.98. The summed E-state index contributed by atoms with van der Waals surface area (Å²) in [4.78, 5) is 6.89. The van der Waals surface area contributed by atoms with Gasteiger partial charge in [0.25, 0.3) is 0 Å². The normalized spacial score (nSPS) is 18.0. The Morgan fingerprint density at radius 2 is 2.09 bits per heavy atom. The largest absolute Gasteiger partial charge is 0.357 e. The molecular formula is C16H32N4O2S. The van der Waals surface area contributed by atoms with E-state index < -0.39 is 10.0 Å². The van der Waals surface area contributed by atoms with Crippen LogP contribution in [0.1, 0.15) is 32.6 Å². The number of rotatable bonds is 8. The summed E-state index contributed by atoms with van der Waals surface area (Å²) < 4.78 is 24.6. The van der Waals surface area contributed by atoms with Gasteiger partial charge in [-0.25, -0.2) is 12.7 Å². The van der Waals surface area contributed by atoms with E-state index in [-0.39, 0.29) is 0 Å². The Labute approximate surface area is 141 Å². The monoisotopic (exact) mass is 344 g/mol. The van der Waals surface area contributed by atoms with Crippen LogP contribution in [-0.4, -0.2) is 69.6 Å². The molecule has 1 heterocycles. The molecule has 0 aromatic heterocycles. The summed E-state index contributed by atoms with van der Waals surface area (Å²) in [6.45, 7) is 9.60. The Hall–Kier alpha value is -1.08. The van der Waals surface area contributed by atoms with Crippen molar-refractivity contribution in [1.29, 1.82) is 0 Å². The van der Waals surface area contributed by atoms with Crippen molar-refractivity contribution in [2.75, 3.05) is 46.0 Å². The van der Waals surface area contributed by atoms with Crippen molar-refractivity contribution in [2.24, 2.45) is 10.9 Å². The Morgan fingerprint density at radius 1 is 1.43 bits per heavy atom. The number of hydrogen-bond donors (Lipinski definition) is 1. The summed E-state index contributed by atoms with van der Waals surface area (Å²) in [5.74, 6) is 1.39. The molecule has 1 N–H and O–H groups in total. The third kappa shape index (κ3) is 7.35. The van der Waals surface area contributed by atoms with Gasteiger partial charge in [-0.15, -0.1) is 6.58 Å². The van der Waals surface area contributed by atoms with Gasteiger partial charge < -0.3 is 10.2 Å². The van der Waals surface area contributed by atoms with E-state index in [9.17, 15) is 8.42 Å². The molecule has 134 valence electrons. The van der Waals surface area contributed by atoms with Crippen molar-refractivity contribution in [1.82, 2.24) is 14.5 Å². The van der Waals surface area contributed by atoms with Crippen LogP contribution in [0.2, 0.25) is 0 Å². The minimum atomic E-state index is -3.05. The van der Waals surface area contributed by atoms with Crippen LogP contribution in [0.25, 0.3) is 0 Å². The number of unbranched alkanes of at least 4 members (excludes halogenated alkanes) is 1. The molecule has 0 amide bonds. The van der Waals surface area contributed by atoms with Gasteiger partial charge in [-0.1, -0.05) is 6.08 Å². The molecule has 1 aliphatic rings. The van der Waals surface area contributed by atoms with Crippen LogP contribution in [0, 0.1) is 5.92 Å². The van der Waals surface area contributed by atoms with Gasteiger partial charge in [-0.3, -0.25) is 4.99 Å². The fourth-order valence-electron chi connectivity index (χ4n) is 2.69. The first-order valence-corrected chi connectivity index (χ1v) is 10.3. The van der Waals surface area contributed by atoms with Crippen molar-refractivity contribution in [2.45, 2.75) is 32.6 Å². The summed E-state index contributed by atoms with van der Waals surface area (Å²) in [5, 5.41) is 3.33. The summed E-state index contributed by atoms with van der Waals surface area (Å²) >= 11 is 0. The summed E-state index contributed by atoms with van der Waals surface area (Å²) in [5.41, 5.74) is 0. The van der Waals surface area contributed by atoms with E-state index in [1.807, 2.05) is 6.08 Å². The van der Waals surface area contributed by atoms with Gasteiger partial charge in [0.2, 0.25) is 10.0 Å². The number of nitrogens with zero attached hydrogens (tertiary/aromatic N) is 3. The predicted molar refractivity (Wildman–Crippen MR) is 97.2 cm³/mol. The van der Waals surface area contributed by atoms with Crippen molar-refractivity contribution < 1.29 is 8.42 Å². The van der Waals surface area contributed by atoms with Crippen LogP contribution in [0.15, 0.2) is 17.6 Å². The molecular weight excluding hydrogens is 312 g/mol. The molecule has 0 aliphatic carbocycles. The highest BCUT2D eigenvalue weighted by Gasteiger charge is 2.24. The molecule has 0 aromatic rings. The smallest absolute Gasteiger partial charge is 0.211 e. The average Bonchev–Trinajstić information content (AvgIpc) is 2.51. The number of piperidine rings is 1. The summed E-state index contributed by atoms with van der Waals surface area (Å²) in [6, 6.07) is 0. The van der Waals surface area contributed by atoms with Crippen LogP contribution >= 0.6 is 0 Å². The predicted octanol–water partition coefficient (Wildman–Crippen LogP) is 1.52. The first-order valence-electron chi connectivity index (χ1n) is 8.44. The van der Waals surface area contributed by atoms with Crippen molar-refractivity contribution in [3.63, 3.8) is 0 Å². The topological polar surface area (TPSA) is 65.0 Å². The molecule has 1 fully saturated rings. The second-order valence-corrected chi connectivity index (χ2v) is 8.13. The molecule has 0 saturated carbocycles. The Bertz CT molecular complexity index is 482. The third-order valence-corrected chi connectivity index (χ3v) is 5.44. The Kier molecular flexibility index (Phi) is 8.62. The third-order valence-electron chi connectivity index (χ3n) is 4.14. The van der Waals surface area contributed by atoms with Crippen molar-refractivity contribution in [3.8, 4) is 0 Å². The van der Waals surface area contributed by atoms with Crippen molar-refractivity contribution in [3.05, 3.63) is 12.7 Å². The van der Waals surface area contributed by atoms with Crippen LogP contribution in [0.3, 0.4) is 0 Å². The summed E-state index contributed by atoms with van der Waals surface area (Å²) in [7, 11) is -0.994. The highest BCUT2D eigenvalue weighted by molar-refractivity contribution is 7.88. The number of allylic oxidation sites excluding steroid dienone is 1. The minimum Gasteiger partial charge on any atom is -0.357 e. The molecule has 0 radical (unpaired) electrons. The lowest BCUT2D eigenvalue weighted by Crippen LogP contribution is -2.41. The van der Waals surface area contributed by atoms with Gasteiger partial charge in [0.1, 0.15) is 0 Å². The van der Waals surface area contributed by atoms with E-state index in [1.165, 1.54) is 6.26 Å². The maximum atomic E-state index is 11.5. The zero-order valence-corrected chi connectivity index (χ0v) is 15.6. The van der Waals surface area contributed by atoms with E-state index in [0.29, 0.717) is 19.0 Å². The van der Waals surface area contributed by atoms with Crippen LogP contribution in [0.5, 0.6) is 0 Å². The van der Waals surface area contributed by atoms with E-state index in [4.69, 9.17) is 4.99 Å². The maximum Gasteiger partial charge on any atom is 0.211 e. The maximum absolute atomic E-state index is 11.5. The van der Waals surface area contributed by atoms with Crippen LogP contribution in [0.4, 0.5) is 0 Å². The molecule has 1 aliphatic heterocycles. The fraction of sp³-hybridized carbons (Fsp3) is 0.812. The molecule has 0 bridgehead atoms. The number of nitrogens with one attached hydrogen (secondary N) is 1. The molecule has 0 aromatic carbocycles. The second-order valence-electron chi connectivity index (χ2n) is 6.15.